The maximum absolute atomic E-state index is 12.6. The molecule has 0 heterocycles. The Labute approximate surface area is 74.5 Å². The van der Waals surface area contributed by atoms with Gasteiger partial charge in [0.2, 0.25) is 0 Å². The molecule has 0 aromatic heterocycles. The first kappa shape index (κ1) is 8.94. The first-order valence-electron chi connectivity index (χ1n) is 3.32. The van der Waals surface area contributed by atoms with Crippen molar-refractivity contribution in [3.8, 4) is 0 Å². The van der Waals surface area contributed by atoms with Crippen LogP contribution in [0.25, 0.3) is 6.08 Å². The molecule has 0 N–H and O–H groups in total. The summed E-state index contributed by atoms with van der Waals surface area (Å²) in [6, 6.07) is 8.66. The van der Waals surface area contributed by atoms with E-state index in [0.717, 1.165) is 6.08 Å². The number of hydrogen-bond acceptors (Lipinski definition) is 1. The lowest BCUT2D eigenvalue weighted by Crippen LogP contribution is -1.84. The topological polar surface area (TPSA) is 17.1 Å². The number of allylic oxidation sites excluding steroid dienone is 1. The Morgan fingerprint density at radius 1 is 1.33 bits per heavy atom. The molecule has 12 heavy (non-hydrogen) atoms. The number of carbonyl (C=O) groups is 1. The van der Waals surface area contributed by atoms with E-state index in [-0.39, 0.29) is 0 Å². The minimum atomic E-state index is -1.07. The number of halogens is 2. The molecule has 0 amide bonds. The zero-order chi connectivity index (χ0) is 8.97. The van der Waals surface area contributed by atoms with Crippen molar-refractivity contribution in [2.75, 3.05) is 0 Å². The predicted octanol–water partition coefficient (Wildman–Crippen LogP) is 2.76. The van der Waals surface area contributed by atoms with Gasteiger partial charge in [-0.25, -0.2) is 4.39 Å². The van der Waals surface area contributed by atoms with Gasteiger partial charge in [-0.3, -0.25) is 4.79 Å². The molecule has 0 aliphatic carbocycles. The van der Waals surface area contributed by atoms with E-state index < -0.39 is 11.1 Å². The summed E-state index contributed by atoms with van der Waals surface area (Å²) in [5.74, 6) is -0.942. The number of benzene rings is 1. The van der Waals surface area contributed by atoms with Crippen LogP contribution < -0.4 is 0 Å². The van der Waals surface area contributed by atoms with E-state index in [9.17, 15) is 9.18 Å². The normalized spacial score (nSPS) is 11.3. The van der Waals surface area contributed by atoms with E-state index in [2.05, 4.69) is 0 Å². The van der Waals surface area contributed by atoms with E-state index in [1.165, 1.54) is 0 Å². The SMILES string of the molecule is O=C(Cl)/C(F)=C/c1ccccc1. The van der Waals surface area contributed by atoms with Crippen molar-refractivity contribution in [3.63, 3.8) is 0 Å². The summed E-state index contributed by atoms with van der Waals surface area (Å²) < 4.78 is 12.6. The number of carbonyl (C=O) groups excluding carboxylic acids is 1. The Hall–Kier alpha value is -1.15. The molecule has 1 aromatic rings. The third-order valence-electron chi connectivity index (χ3n) is 1.28. The van der Waals surface area contributed by atoms with Gasteiger partial charge in [-0.2, -0.15) is 0 Å². The smallest absolute Gasteiger partial charge is 0.273 e. The van der Waals surface area contributed by atoms with Gasteiger partial charge in [-0.05, 0) is 23.2 Å². The molecule has 0 bridgehead atoms. The van der Waals surface area contributed by atoms with E-state index in [0.29, 0.717) is 5.56 Å². The second-order valence-corrected chi connectivity index (χ2v) is 2.52. The van der Waals surface area contributed by atoms with Crippen LogP contribution in [-0.4, -0.2) is 5.24 Å². The van der Waals surface area contributed by atoms with E-state index in [1.54, 1.807) is 30.3 Å². The molecule has 0 atom stereocenters. The van der Waals surface area contributed by atoms with Gasteiger partial charge in [0.25, 0.3) is 5.24 Å². The molecule has 0 fully saturated rings. The van der Waals surface area contributed by atoms with Crippen molar-refractivity contribution in [1.82, 2.24) is 0 Å². The average Bonchev–Trinajstić information content (AvgIpc) is 2.06. The zero-order valence-electron chi connectivity index (χ0n) is 6.13. The summed E-state index contributed by atoms with van der Waals surface area (Å²) in [7, 11) is 0. The highest BCUT2D eigenvalue weighted by Crippen LogP contribution is 2.09. The molecule has 1 rings (SSSR count). The predicted molar refractivity (Wildman–Crippen MR) is 46.4 cm³/mol. The summed E-state index contributed by atoms with van der Waals surface area (Å²) in [5.41, 5.74) is 0.615. The second-order valence-electron chi connectivity index (χ2n) is 2.18. The maximum atomic E-state index is 12.6. The standard InChI is InChI=1S/C9H6ClFO/c10-9(12)8(11)6-7-4-2-1-3-5-7/h1-6H/b8-6-. The molecule has 3 heteroatoms. The highest BCUT2D eigenvalue weighted by atomic mass is 35.5. The van der Waals surface area contributed by atoms with Crippen molar-refractivity contribution in [2.24, 2.45) is 0 Å². The first-order chi connectivity index (χ1) is 5.70. The van der Waals surface area contributed by atoms with Crippen LogP contribution in [0.4, 0.5) is 4.39 Å². The lowest BCUT2D eigenvalue weighted by Gasteiger charge is -1.90. The molecule has 0 radical (unpaired) electrons. The molecule has 62 valence electrons. The van der Waals surface area contributed by atoms with Gasteiger partial charge < -0.3 is 0 Å². The molecule has 0 unspecified atom stereocenters. The Morgan fingerprint density at radius 3 is 2.42 bits per heavy atom. The largest absolute Gasteiger partial charge is 0.280 e. The van der Waals surface area contributed by atoms with Crippen LogP contribution in [0.2, 0.25) is 0 Å². The maximum Gasteiger partial charge on any atom is 0.280 e. The quantitative estimate of drug-likeness (QED) is 0.510. The fourth-order valence-electron chi connectivity index (χ4n) is 0.752. The molecule has 0 saturated carbocycles. The molecular weight excluding hydrogens is 179 g/mol. The van der Waals surface area contributed by atoms with Crippen molar-refractivity contribution < 1.29 is 9.18 Å². The first-order valence-corrected chi connectivity index (χ1v) is 3.70. The Kier molecular flexibility index (Phi) is 3.00. The van der Waals surface area contributed by atoms with Crippen LogP contribution in [0, 0.1) is 0 Å². The minimum Gasteiger partial charge on any atom is -0.273 e. The third-order valence-corrected chi connectivity index (χ3v) is 1.46. The van der Waals surface area contributed by atoms with Crippen LogP contribution in [0.1, 0.15) is 5.56 Å². The van der Waals surface area contributed by atoms with Gasteiger partial charge in [-0.15, -0.1) is 0 Å². The van der Waals surface area contributed by atoms with Crippen molar-refractivity contribution in [3.05, 3.63) is 41.7 Å². The molecule has 0 aliphatic heterocycles. The minimum absolute atomic E-state index is 0.615. The average molecular weight is 185 g/mol. The van der Waals surface area contributed by atoms with Gasteiger partial charge in [0.1, 0.15) is 0 Å². The van der Waals surface area contributed by atoms with E-state index in [1.807, 2.05) is 0 Å². The van der Waals surface area contributed by atoms with Gasteiger partial charge in [0.15, 0.2) is 5.83 Å². The molecular formula is C9H6ClFO. The van der Waals surface area contributed by atoms with Gasteiger partial charge >= 0.3 is 0 Å². The van der Waals surface area contributed by atoms with Crippen molar-refractivity contribution >= 4 is 22.9 Å². The summed E-state index contributed by atoms with van der Waals surface area (Å²) in [6.07, 6.45) is 1.09. The van der Waals surface area contributed by atoms with Crippen LogP contribution in [0.3, 0.4) is 0 Å². The molecule has 0 aliphatic rings. The fraction of sp³-hybridized carbons (Fsp3) is 0. The van der Waals surface area contributed by atoms with Crippen molar-refractivity contribution in [1.29, 1.82) is 0 Å². The summed E-state index contributed by atoms with van der Waals surface area (Å²) in [6.45, 7) is 0. The van der Waals surface area contributed by atoms with Crippen LogP contribution in [-0.2, 0) is 4.79 Å². The number of hydrogen-bond donors (Lipinski definition) is 0. The van der Waals surface area contributed by atoms with Gasteiger partial charge in [-0.1, -0.05) is 30.3 Å². The van der Waals surface area contributed by atoms with Gasteiger partial charge in [0, 0.05) is 0 Å². The number of rotatable bonds is 2. The molecule has 1 aromatic carbocycles. The van der Waals surface area contributed by atoms with E-state index in [4.69, 9.17) is 11.6 Å². The zero-order valence-corrected chi connectivity index (χ0v) is 6.88. The van der Waals surface area contributed by atoms with Gasteiger partial charge in [0.05, 0.1) is 0 Å². The highest BCUT2D eigenvalue weighted by Gasteiger charge is 2.02. The monoisotopic (exact) mass is 184 g/mol. The Morgan fingerprint density at radius 2 is 1.92 bits per heavy atom. The summed E-state index contributed by atoms with van der Waals surface area (Å²) in [4.78, 5) is 10.3. The summed E-state index contributed by atoms with van der Waals surface area (Å²) in [5, 5.41) is -1.07. The van der Waals surface area contributed by atoms with Crippen molar-refractivity contribution in [2.45, 2.75) is 0 Å². The third kappa shape index (κ3) is 2.47. The van der Waals surface area contributed by atoms with E-state index >= 15 is 0 Å². The lowest BCUT2D eigenvalue weighted by atomic mass is 10.2. The molecule has 0 spiro atoms. The lowest BCUT2D eigenvalue weighted by molar-refractivity contribution is -0.109. The van der Waals surface area contributed by atoms with Crippen LogP contribution >= 0.6 is 11.6 Å². The second kappa shape index (κ2) is 4.02. The molecule has 0 saturated heterocycles. The van der Waals surface area contributed by atoms with Crippen LogP contribution in [0.15, 0.2) is 36.2 Å². The Balaban J connectivity index is 2.89. The summed E-state index contributed by atoms with van der Waals surface area (Å²) >= 11 is 4.90. The van der Waals surface area contributed by atoms with Crippen LogP contribution in [0.5, 0.6) is 0 Å². The highest BCUT2D eigenvalue weighted by molar-refractivity contribution is 6.67. The fourth-order valence-corrected chi connectivity index (χ4v) is 0.807. The molecule has 1 nitrogen and oxygen atoms in total. The Bertz CT molecular complexity index is 306.